The second-order valence-corrected chi connectivity index (χ2v) is 9.07. The Hall–Kier alpha value is -1.86. The minimum Gasteiger partial charge on any atom is -0.477 e. The molecule has 0 radical (unpaired) electrons. The van der Waals surface area contributed by atoms with E-state index in [9.17, 15) is 13.2 Å². The summed E-state index contributed by atoms with van der Waals surface area (Å²) >= 11 is 0.997. The number of rotatable bonds is 4. The van der Waals surface area contributed by atoms with Crippen molar-refractivity contribution in [3.63, 3.8) is 0 Å². The normalized spacial score (nSPS) is 12.2. The molecule has 0 unspecified atom stereocenters. The monoisotopic (exact) mass is 353 g/mol. The van der Waals surface area contributed by atoms with Gasteiger partial charge in [-0.25, -0.2) is 13.2 Å². The second kappa shape index (κ2) is 5.98. The van der Waals surface area contributed by atoms with Gasteiger partial charge < -0.3 is 5.11 Å². The number of hydrogen-bond acceptors (Lipinski definition) is 4. The Morgan fingerprint density at radius 2 is 1.70 bits per heavy atom. The lowest BCUT2D eigenvalue weighted by molar-refractivity contribution is 0.0703. The van der Waals surface area contributed by atoms with E-state index in [1.54, 1.807) is 29.6 Å². The first-order chi connectivity index (χ1) is 10.5. The summed E-state index contributed by atoms with van der Waals surface area (Å²) in [4.78, 5) is 11.3. The highest BCUT2D eigenvalue weighted by atomic mass is 32.2. The van der Waals surface area contributed by atoms with E-state index in [1.165, 1.54) is 13.1 Å². The molecule has 1 N–H and O–H groups in total. The molecular weight excluding hydrogens is 334 g/mol. The van der Waals surface area contributed by atoms with E-state index >= 15 is 0 Å². The maximum atomic E-state index is 12.7. The summed E-state index contributed by atoms with van der Waals surface area (Å²) in [5, 5.41) is 10.7. The maximum absolute atomic E-state index is 12.7. The first kappa shape index (κ1) is 17.5. The largest absolute Gasteiger partial charge is 0.477 e. The number of sulfonamides is 1. The molecule has 1 aromatic heterocycles. The molecule has 5 nitrogen and oxygen atoms in total. The van der Waals surface area contributed by atoms with Crippen molar-refractivity contribution in [1.29, 1.82) is 0 Å². The molecule has 124 valence electrons. The summed E-state index contributed by atoms with van der Waals surface area (Å²) in [6, 6.07) is 8.17. The number of nitrogens with zero attached hydrogens (tertiary/aromatic N) is 1. The number of thiophene rings is 1. The number of anilines is 1. The molecule has 0 spiro atoms. The fourth-order valence-electron chi connectivity index (χ4n) is 2.12. The first-order valence-corrected chi connectivity index (χ1v) is 9.27. The van der Waals surface area contributed by atoms with E-state index in [0.717, 1.165) is 21.2 Å². The van der Waals surface area contributed by atoms with Gasteiger partial charge in [-0.2, -0.15) is 0 Å². The smallest absolute Gasteiger partial charge is 0.348 e. The van der Waals surface area contributed by atoms with E-state index in [-0.39, 0.29) is 20.9 Å². The fourth-order valence-corrected chi connectivity index (χ4v) is 4.15. The van der Waals surface area contributed by atoms with E-state index in [0.29, 0.717) is 0 Å². The van der Waals surface area contributed by atoms with Gasteiger partial charge in [0.2, 0.25) is 0 Å². The van der Waals surface area contributed by atoms with Gasteiger partial charge in [-0.15, -0.1) is 11.3 Å². The maximum Gasteiger partial charge on any atom is 0.348 e. The number of hydrogen-bond donors (Lipinski definition) is 1. The standard InChI is InChI=1S/C16H19NO4S2/c1-16(2,3)11-5-7-12(8-6-11)23(20,21)17(4)13-9-10-22-14(13)15(18)19/h5-10H,1-4H3,(H,18,19). The molecule has 7 heteroatoms. The highest BCUT2D eigenvalue weighted by Gasteiger charge is 2.26. The number of aromatic carboxylic acids is 1. The summed E-state index contributed by atoms with van der Waals surface area (Å²) in [5.41, 5.74) is 1.13. The van der Waals surface area contributed by atoms with Crippen molar-refractivity contribution in [2.24, 2.45) is 0 Å². The molecule has 0 aliphatic rings. The SMILES string of the molecule is CN(c1ccsc1C(=O)O)S(=O)(=O)c1ccc(C(C)(C)C)cc1. The van der Waals surface area contributed by atoms with Gasteiger partial charge >= 0.3 is 5.97 Å². The average Bonchev–Trinajstić information content (AvgIpc) is 2.95. The van der Waals surface area contributed by atoms with E-state index in [2.05, 4.69) is 0 Å². The fraction of sp³-hybridized carbons (Fsp3) is 0.312. The van der Waals surface area contributed by atoms with Crippen LogP contribution in [0.4, 0.5) is 5.69 Å². The molecule has 23 heavy (non-hydrogen) atoms. The number of carbonyl (C=O) groups is 1. The van der Waals surface area contributed by atoms with E-state index in [1.807, 2.05) is 20.8 Å². The molecule has 2 rings (SSSR count). The van der Waals surface area contributed by atoms with Gasteiger partial charge in [-0.3, -0.25) is 4.31 Å². The highest BCUT2D eigenvalue weighted by Crippen LogP contribution is 2.30. The predicted octanol–water partition coefficient (Wildman–Crippen LogP) is 3.57. The average molecular weight is 353 g/mol. The second-order valence-electron chi connectivity index (χ2n) is 6.19. The number of carboxylic acids is 1. The molecule has 0 fully saturated rings. The Kier molecular flexibility index (Phi) is 4.54. The topological polar surface area (TPSA) is 74.7 Å². The van der Waals surface area contributed by atoms with Crippen LogP contribution in [0.3, 0.4) is 0 Å². The predicted molar refractivity (Wildman–Crippen MR) is 92.0 cm³/mol. The van der Waals surface area contributed by atoms with Gasteiger partial charge in [0.1, 0.15) is 4.88 Å². The van der Waals surface area contributed by atoms with Crippen molar-refractivity contribution in [1.82, 2.24) is 0 Å². The quantitative estimate of drug-likeness (QED) is 0.912. The van der Waals surface area contributed by atoms with Crippen LogP contribution in [0.1, 0.15) is 36.0 Å². The van der Waals surface area contributed by atoms with Crippen LogP contribution in [-0.4, -0.2) is 26.5 Å². The molecule has 0 saturated heterocycles. The van der Waals surface area contributed by atoms with Crippen LogP contribution >= 0.6 is 11.3 Å². The molecule has 1 aromatic carbocycles. The Morgan fingerprint density at radius 3 is 2.17 bits per heavy atom. The number of carboxylic acid groups (broad SMARTS) is 1. The van der Waals surface area contributed by atoms with Crippen LogP contribution in [-0.2, 0) is 15.4 Å². The highest BCUT2D eigenvalue weighted by molar-refractivity contribution is 7.92. The van der Waals surface area contributed by atoms with Crippen molar-refractivity contribution in [2.75, 3.05) is 11.4 Å². The van der Waals surface area contributed by atoms with E-state index < -0.39 is 16.0 Å². The molecular formula is C16H19NO4S2. The van der Waals surface area contributed by atoms with Gasteiger partial charge in [0, 0.05) is 7.05 Å². The molecule has 0 atom stereocenters. The van der Waals surface area contributed by atoms with Gasteiger partial charge in [0.15, 0.2) is 0 Å². The third kappa shape index (κ3) is 3.40. The third-order valence-electron chi connectivity index (χ3n) is 3.56. The van der Waals surface area contributed by atoms with Crippen LogP contribution in [0.2, 0.25) is 0 Å². The van der Waals surface area contributed by atoms with Gasteiger partial charge in [-0.1, -0.05) is 32.9 Å². The molecule has 0 bridgehead atoms. The van der Waals surface area contributed by atoms with Crippen molar-refractivity contribution in [2.45, 2.75) is 31.1 Å². The van der Waals surface area contributed by atoms with Gasteiger partial charge in [0.25, 0.3) is 10.0 Å². The first-order valence-electron chi connectivity index (χ1n) is 6.95. The van der Waals surface area contributed by atoms with Gasteiger partial charge in [-0.05, 0) is 34.6 Å². The Bertz CT molecular complexity index is 815. The Balaban J connectivity index is 2.41. The zero-order valence-corrected chi connectivity index (χ0v) is 15.0. The van der Waals surface area contributed by atoms with Crippen molar-refractivity contribution < 1.29 is 18.3 Å². The Morgan fingerprint density at radius 1 is 1.13 bits per heavy atom. The summed E-state index contributed by atoms with van der Waals surface area (Å²) < 4.78 is 26.4. The van der Waals surface area contributed by atoms with Crippen molar-refractivity contribution in [3.8, 4) is 0 Å². The summed E-state index contributed by atoms with van der Waals surface area (Å²) in [6.07, 6.45) is 0. The lowest BCUT2D eigenvalue weighted by atomic mass is 9.87. The van der Waals surface area contributed by atoms with Crippen LogP contribution in [0.15, 0.2) is 40.6 Å². The zero-order chi connectivity index (χ0) is 17.4. The molecule has 0 amide bonds. The molecule has 0 aliphatic heterocycles. The van der Waals surface area contributed by atoms with Crippen LogP contribution in [0, 0.1) is 0 Å². The van der Waals surface area contributed by atoms with Crippen LogP contribution in [0.5, 0.6) is 0 Å². The molecule has 0 saturated carbocycles. The summed E-state index contributed by atoms with van der Waals surface area (Å²) in [5.74, 6) is -1.14. The zero-order valence-electron chi connectivity index (χ0n) is 13.4. The summed E-state index contributed by atoms with van der Waals surface area (Å²) in [6.45, 7) is 6.15. The lowest BCUT2D eigenvalue weighted by Gasteiger charge is -2.21. The van der Waals surface area contributed by atoms with Crippen molar-refractivity contribution >= 4 is 33.0 Å². The Labute approximate surface area is 140 Å². The third-order valence-corrected chi connectivity index (χ3v) is 6.23. The van der Waals surface area contributed by atoms with Crippen LogP contribution in [0.25, 0.3) is 0 Å². The van der Waals surface area contributed by atoms with E-state index in [4.69, 9.17) is 5.11 Å². The molecule has 1 heterocycles. The van der Waals surface area contributed by atoms with Gasteiger partial charge in [0.05, 0.1) is 10.6 Å². The minimum atomic E-state index is -3.80. The molecule has 0 aliphatic carbocycles. The minimum absolute atomic E-state index is 0.00221. The van der Waals surface area contributed by atoms with Crippen molar-refractivity contribution in [3.05, 3.63) is 46.2 Å². The molecule has 2 aromatic rings. The van der Waals surface area contributed by atoms with Crippen LogP contribution < -0.4 is 4.31 Å². The summed E-state index contributed by atoms with van der Waals surface area (Å²) in [7, 11) is -2.44. The number of benzene rings is 1. The lowest BCUT2D eigenvalue weighted by Crippen LogP contribution is -2.27.